The molecule has 1 aromatic carbocycles. The van der Waals surface area contributed by atoms with Crippen molar-refractivity contribution in [3.63, 3.8) is 0 Å². The third kappa shape index (κ3) is 5.55. The lowest BCUT2D eigenvalue weighted by molar-refractivity contribution is -0.140. The molecule has 25 heavy (non-hydrogen) atoms. The van der Waals surface area contributed by atoms with Crippen LogP contribution in [0.15, 0.2) is 30.3 Å². The fourth-order valence-electron chi connectivity index (χ4n) is 3.86. The van der Waals surface area contributed by atoms with Crippen molar-refractivity contribution in [2.24, 2.45) is 0 Å². The van der Waals surface area contributed by atoms with E-state index in [-0.39, 0.29) is 24.0 Å². The Hall–Kier alpha value is -1.39. The quantitative estimate of drug-likeness (QED) is 0.792. The number of amides is 1. The molecule has 1 aliphatic heterocycles. The normalized spacial score (nSPS) is 18.4. The largest absolute Gasteiger partial charge is 0.336 e. The van der Waals surface area contributed by atoms with Crippen LogP contribution in [0, 0.1) is 0 Å². The fraction of sp³-hybridized carbons (Fsp3) is 0.667. The molecule has 1 heterocycles. The van der Waals surface area contributed by atoms with Gasteiger partial charge in [0, 0.05) is 38.3 Å². The molecule has 1 atom stereocenters. The van der Waals surface area contributed by atoms with E-state index in [1.807, 2.05) is 4.90 Å². The Morgan fingerprint density at radius 2 is 1.60 bits per heavy atom. The minimum Gasteiger partial charge on any atom is -0.336 e. The van der Waals surface area contributed by atoms with E-state index in [0.717, 1.165) is 39.1 Å². The van der Waals surface area contributed by atoms with Crippen molar-refractivity contribution in [2.75, 3.05) is 26.2 Å². The summed E-state index contributed by atoms with van der Waals surface area (Å²) in [7, 11) is 0. The van der Waals surface area contributed by atoms with Crippen LogP contribution in [0.4, 0.5) is 0 Å². The molecule has 0 aliphatic carbocycles. The van der Waals surface area contributed by atoms with E-state index in [4.69, 9.17) is 0 Å². The maximum Gasteiger partial charge on any atom is 0.240 e. The van der Waals surface area contributed by atoms with Crippen LogP contribution in [0.25, 0.3) is 0 Å². The first-order valence-electron chi connectivity index (χ1n) is 9.72. The predicted molar refractivity (Wildman–Crippen MR) is 104 cm³/mol. The van der Waals surface area contributed by atoms with E-state index >= 15 is 0 Å². The number of rotatable bonds is 6. The third-order valence-corrected chi connectivity index (χ3v) is 5.14. The first-order valence-corrected chi connectivity index (χ1v) is 9.72. The van der Waals surface area contributed by atoms with Crippen molar-refractivity contribution in [1.82, 2.24) is 14.7 Å². The third-order valence-electron chi connectivity index (χ3n) is 5.14. The Morgan fingerprint density at radius 1 is 0.960 bits per heavy atom. The summed E-state index contributed by atoms with van der Waals surface area (Å²) < 4.78 is 0. The summed E-state index contributed by atoms with van der Waals surface area (Å²) in [5.41, 5.74) is 1.37. The number of nitrogens with zero attached hydrogens (tertiary/aromatic N) is 3. The van der Waals surface area contributed by atoms with Gasteiger partial charge in [0.1, 0.15) is 0 Å². The summed E-state index contributed by atoms with van der Waals surface area (Å²) in [6, 6.07) is 11.1. The molecule has 0 bridgehead atoms. The first-order chi connectivity index (χ1) is 11.9. The summed E-state index contributed by atoms with van der Waals surface area (Å²) in [4.78, 5) is 19.9. The first kappa shape index (κ1) is 19.9. The van der Waals surface area contributed by atoms with Gasteiger partial charge in [0.2, 0.25) is 5.91 Å². The van der Waals surface area contributed by atoms with Crippen LogP contribution in [0.3, 0.4) is 0 Å². The standard InChI is InChI=1S/C21H35N3O/c1-17(2)24(18(3)4)21(25)19(5)23-13-9-12-22(14-15-23)16-20-10-7-6-8-11-20/h6-8,10-11,17-19H,9,12-16H2,1-5H3. The highest BCUT2D eigenvalue weighted by Crippen LogP contribution is 2.15. The van der Waals surface area contributed by atoms with Crippen LogP contribution < -0.4 is 0 Å². The van der Waals surface area contributed by atoms with Crippen LogP contribution in [-0.2, 0) is 11.3 Å². The molecule has 140 valence electrons. The number of benzene rings is 1. The highest BCUT2D eigenvalue weighted by Gasteiger charge is 2.30. The molecule has 1 saturated heterocycles. The smallest absolute Gasteiger partial charge is 0.240 e. The van der Waals surface area contributed by atoms with Crippen molar-refractivity contribution >= 4 is 5.91 Å². The number of carbonyl (C=O) groups is 1. The van der Waals surface area contributed by atoms with Crippen LogP contribution in [0.2, 0.25) is 0 Å². The van der Waals surface area contributed by atoms with Gasteiger partial charge in [0.05, 0.1) is 6.04 Å². The topological polar surface area (TPSA) is 26.8 Å². The zero-order valence-corrected chi connectivity index (χ0v) is 16.6. The van der Waals surface area contributed by atoms with Crippen LogP contribution in [-0.4, -0.2) is 64.9 Å². The Labute approximate surface area is 153 Å². The fourth-order valence-corrected chi connectivity index (χ4v) is 3.86. The summed E-state index contributed by atoms with van der Waals surface area (Å²) in [6.45, 7) is 15.6. The Balaban J connectivity index is 1.94. The zero-order valence-electron chi connectivity index (χ0n) is 16.6. The average Bonchev–Trinajstić information content (AvgIpc) is 2.80. The van der Waals surface area contributed by atoms with Gasteiger partial charge in [0.25, 0.3) is 0 Å². The second kappa shape index (κ2) is 9.35. The van der Waals surface area contributed by atoms with Gasteiger partial charge in [-0.3, -0.25) is 14.6 Å². The van der Waals surface area contributed by atoms with Gasteiger partial charge in [0.15, 0.2) is 0 Å². The molecule has 2 rings (SSSR count). The van der Waals surface area contributed by atoms with Crippen molar-refractivity contribution in [3.05, 3.63) is 35.9 Å². The maximum absolute atomic E-state index is 13.0. The summed E-state index contributed by atoms with van der Waals surface area (Å²) in [5, 5.41) is 0. The van der Waals surface area contributed by atoms with Gasteiger partial charge in [-0.1, -0.05) is 30.3 Å². The lowest BCUT2D eigenvalue weighted by atomic mass is 10.1. The van der Waals surface area contributed by atoms with E-state index in [0.29, 0.717) is 0 Å². The SMILES string of the molecule is CC(C(=O)N(C(C)C)C(C)C)N1CCCN(Cc2ccccc2)CC1. The molecule has 1 unspecified atom stereocenters. The van der Waals surface area contributed by atoms with Crippen LogP contribution in [0.1, 0.15) is 46.6 Å². The molecule has 1 amide bonds. The van der Waals surface area contributed by atoms with E-state index in [2.05, 4.69) is 74.8 Å². The molecule has 0 saturated carbocycles. The highest BCUT2D eigenvalue weighted by molar-refractivity contribution is 5.82. The molecule has 0 N–H and O–H groups in total. The van der Waals surface area contributed by atoms with Gasteiger partial charge in [-0.05, 0) is 53.1 Å². The number of hydrogen-bond acceptors (Lipinski definition) is 3. The van der Waals surface area contributed by atoms with Crippen LogP contribution >= 0.6 is 0 Å². The van der Waals surface area contributed by atoms with E-state index in [1.54, 1.807) is 0 Å². The lowest BCUT2D eigenvalue weighted by Crippen LogP contribution is -2.52. The molecule has 1 fully saturated rings. The summed E-state index contributed by atoms with van der Waals surface area (Å²) in [5.74, 6) is 0.265. The Morgan fingerprint density at radius 3 is 2.20 bits per heavy atom. The lowest BCUT2D eigenvalue weighted by Gasteiger charge is -2.36. The molecule has 4 heteroatoms. The van der Waals surface area contributed by atoms with E-state index in [1.165, 1.54) is 5.56 Å². The van der Waals surface area contributed by atoms with E-state index in [9.17, 15) is 4.79 Å². The molecule has 0 aromatic heterocycles. The minimum absolute atomic E-state index is 0.0403. The molecule has 0 radical (unpaired) electrons. The molecule has 1 aliphatic rings. The van der Waals surface area contributed by atoms with Gasteiger partial charge < -0.3 is 4.90 Å². The summed E-state index contributed by atoms with van der Waals surface area (Å²) in [6.07, 6.45) is 1.12. The van der Waals surface area contributed by atoms with Crippen molar-refractivity contribution in [1.29, 1.82) is 0 Å². The number of hydrogen-bond donors (Lipinski definition) is 0. The van der Waals surface area contributed by atoms with E-state index < -0.39 is 0 Å². The molecular weight excluding hydrogens is 310 g/mol. The van der Waals surface area contributed by atoms with Crippen molar-refractivity contribution < 1.29 is 4.79 Å². The van der Waals surface area contributed by atoms with Gasteiger partial charge in [-0.25, -0.2) is 0 Å². The zero-order chi connectivity index (χ0) is 18.4. The average molecular weight is 346 g/mol. The second-order valence-corrected chi connectivity index (χ2v) is 7.76. The molecule has 4 nitrogen and oxygen atoms in total. The molecule has 0 spiro atoms. The Kier molecular flexibility index (Phi) is 7.45. The molecular formula is C21H35N3O. The van der Waals surface area contributed by atoms with Crippen LogP contribution in [0.5, 0.6) is 0 Å². The minimum atomic E-state index is -0.0403. The van der Waals surface area contributed by atoms with Crippen molar-refractivity contribution in [2.45, 2.75) is 65.7 Å². The monoisotopic (exact) mass is 345 g/mol. The molecule has 1 aromatic rings. The highest BCUT2D eigenvalue weighted by atomic mass is 16.2. The maximum atomic E-state index is 13.0. The number of carbonyl (C=O) groups excluding carboxylic acids is 1. The van der Waals surface area contributed by atoms with Gasteiger partial charge in [-0.15, -0.1) is 0 Å². The van der Waals surface area contributed by atoms with Gasteiger partial charge in [-0.2, -0.15) is 0 Å². The van der Waals surface area contributed by atoms with Crippen molar-refractivity contribution in [3.8, 4) is 0 Å². The predicted octanol–water partition coefficient (Wildman–Crippen LogP) is 3.23. The Bertz CT molecular complexity index is 521. The van der Waals surface area contributed by atoms with Gasteiger partial charge >= 0.3 is 0 Å². The second-order valence-electron chi connectivity index (χ2n) is 7.76. The summed E-state index contributed by atoms with van der Waals surface area (Å²) >= 11 is 0.